The van der Waals surface area contributed by atoms with Gasteiger partial charge in [-0.1, -0.05) is 30.3 Å². The molecule has 3 aliphatic rings. The van der Waals surface area contributed by atoms with Crippen molar-refractivity contribution >= 4 is 5.91 Å². The standard InChI is InChI=1S/C17H22N2O/c20-17(15-10-14-6-7-16(15)18-14)19-9-8-13(11-19)12-4-2-1-3-5-12/h1-5,13-16,18H,6-11H2. The number of fused-ring (bicyclic) bond motifs is 2. The normalized spacial score (nSPS) is 35.7. The highest BCUT2D eigenvalue weighted by Crippen LogP contribution is 2.36. The Kier molecular flexibility index (Phi) is 3.03. The quantitative estimate of drug-likeness (QED) is 0.893. The van der Waals surface area contributed by atoms with Crippen LogP contribution in [-0.4, -0.2) is 36.0 Å². The Morgan fingerprint density at radius 3 is 2.70 bits per heavy atom. The van der Waals surface area contributed by atoms with Gasteiger partial charge in [0, 0.05) is 31.1 Å². The Balaban J connectivity index is 1.42. The number of benzene rings is 1. The maximum absolute atomic E-state index is 12.7. The fourth-order valence-corrected chi connectivity index (χ4v) is 4.29. The number of rotatable bonds is 2. The molecule has 4 unspecified atom stereocenters. The van der Waals surface area contributed by atoms with E-state index in [9.17, 15) is 4.79 Å². The van der Waals surface area contributed by atoms with Gasteiger partial charge in [0.05, 0.1) is 5.92 Å². The monoisotopic (exact) mass is 270 g/mol. The summed E-state index contributed by atoms with van der Waals surface area (Å²) >= 11 is 0. The van der Waals surface area contributed by atoms with Crippen molar-refractivity contribution in [1.29, 1.82) is 0 Å². The van der Waals surface area contributed by atoms with Crippen LogP contribution in [0.1, 0.15) is 37.2 Å². The van der Waals surface area contributed by atoms with Gasteiger partial charge >= 0.3 is 0 Å². The van der Waals surface area contributed by atoms with Crippen molar-refractivity contribution in [2.75, 3.05) is 13.1 Å². The van der Waals surface area contributed by atoms with E-state index in [1.807, 2.05) is 0 Å². The molecule has 1 aromatic carbocycles. The fraction of sp³-hybridized carbons (Fsp3) is 0.588. The van der Waals surface area contributed by atoms with Gasteiger partial charge in [0.2, 0.25) is 5.91 Å². The second-order valence-electron chi connectivity index (χ2n) is 6.57. The second kappa shape index (κ2) is 4.88. The summed E-state index contributed by atoms with van der Waals surface area (Å²) in [5, 5.41) is 3.58. The highest BCUT2D eigenvalue weighted by atomic mass is 16.2. The lowest BCUT2D eigenvalue weighted by atomic mass is 9.88. The molecule has 3 aliphatic heterocycles. The van der Waals surface area contributed by atoms with E-state index in [4.69, 9.17) is 0 Å². The van der Waals surface area contributed by atoms with Crippen LogP contribution in [0.4, 0.5) is 0 Å². The van der Waals surface area contributed by atoms with Crippen LogP contribution in [0.25, 0.3) is 0 Å². The molecule has 0 aliphatic carbocycles. The number of likely N-dealkylation sites (tertiary alicyclic amines) is 1. The Bertz CT molecular complexity index is 501. The van der Waals surface area contributed by atoms with Crippen molar-refractivity contribution in [3.63, 3.8) is 0 Å². The molecule has 2 bridgehead atoms. The predicted molar refractivity (Wildman–Crippen MR) is 78.4 cm³/mol. The number of carbonyl (C=O) groups excluding carboxylic acids is 1. The molecule has 1 amide bonds. The molecule has 0 spiro atoms. The van der Waals surface area contributed by atoms with Crippen molar-refractivity contribution in [1.82, 2.24) is 10.2 Å². The molecule has 20 heavy (non-hydrogen) atoms. The summed E-state index contributed by atoms with van der Waals surface area (Å²) in [5.41, 5.74) is 1.38. The Labute approximate surface area is 120 Å². The van der Waals surface area contributed by atoms with Crippen molar-refractivity contribution < 1.29 is 4.79 Å². The molecule has 1 N–H and O–H groups in total. The number of nitrogens with zero attached hydrogens (tertiary/aromatic N) is 1. The molecule has 0 aromatic heterocycles. The number of amides is 1. The van der Waals surface area contributed by atoms with E-state index >= 15 is 0 Å². The van der Waals surface area contributed by atoms with Crippen LogP contribution in [0.2, 0.25) is 0 Å². The third-order valence-corrected chi connectivity index (χ3v) is 5.39. The number of hydrogen-bond acceptors (Lipinski definition) is 2. The molecule has 3 fully saturated rings. The zero-order chi connectivity index (χ0) is 13.5. The molecule has 3 heterocycles. The summed E-state index contributed by atoms with van der Waals surface area (Å²) in [7, 11) is 0. The van der Waals surface area contributed by atoms with Crippen molar-refractivity contribution in [2.24, 2.45) is 5.92 Å². The van der Waals surface area contributed by atoms with Crippen LogP contribution >= 0.6 is 0 Å². The Morgan fingerprint density at radius 1 is 1.15 bits per heavy atom. The number of nitrogens with one attached hydrogen (secondary N) is 1. The summed E-state index contributed by atoms with van der Waals surface area (Å²) in [6.07, 6.45) is 4.64. The van der Waals surface area contributed by atoms with Gasteiger partial charge in [-0.2, -0.15) is 0 Å². The van der Waals surface area contributed by atoms with Crippen LogP contribution < -0.4 is 5.32 Å². The summed E-state index contributed by atoms with van der Waals surface area (Å²) in [4.78, 5) is 14.8. The summed E-state index contributed by atoms with van der Waals surface area (Å²) in [6.45, 7) is 1.85. The first kappa shape index (κ1) is 12.4. The third kappa shape index (κ3) is 2.05. The zero-order valence-electron chi connectivity index (χ0n) is 11.8. The highest BCUT2D eigenvalue weighted by Gasteiger charge is 2.45. The lowest BCUT2D eigenvalue weighted by Gasteiger charge is -2.25. The summed E-state index contributed by atoms with van der Waals surface area (Å²) in [6, 6.07) is 11.7. The van der Waals surface area contributed by atoms with E-state index in [1.54, 1.807) is 0 Å². The van der Waals surface area contributed by atoms with Crippen LogP contribution in [0.5, 0.6) is 0 Å². The third-order valence-electron chi connectivity index (χ3n) is 5.39. The van der Waals surface area contributed by atoms with Gasteiger partial charge in [-0.05, 0) is 31.2 Å². The van der Waals surface area contributed by atoms with E-state index in [2.05, 4.69) is 40.5 Å². The van der Waals surface area contributed by atoms with Crippen LogP contribution in [0, 0.1) is 5.92 Å². The maximum atomic E-state index is 12.7. The molecular weight excluding hydrogens is 248 g/mol. The largest absolute Gasteiger partial charge is 0.342 e. The summed E-state index contributed by atoms with van der Waals surface area (Å²) in [5.74, 6) is 1.19. The highest BCUT2D eigenvalue weighted by molar-refractivity contribution is 5.80. The SMILES string of the molecule is O=C(C1CC2CCC1N2)N1CCC(c2ccccc2)C1. The first-order chi connectivity index (χ1) is 9.81. The van der Waals surface area contributed by atoms with Crippen molar-refractivity contribution in [2.45, 2.75) is 43.7 Å². The molecule has 1 aromatic rings. The van der Waals surface area contributed by atoms with Gasteiger partial charge < -0.3 is 10.2 Å². The predicted octanol–water partition coefficient (Wildman–Crippen LogP) is 2.14. The minimum absolute atomic E-state index is 0.253. The van der Waals surface area contributed by atoms with Gasteiger partial charge in [-0.3, -0.25) is 4.79 Å². The van der Waals surface area contributed by atoms with Crippen LogP contribution in [-0.2, 0) is 4.79 Å². The van der Waals surface area contributed by atoms with Gasteiger partial charge in [0.15, 0.2) is 0 Å². The smallest absolute Gasteiger partial charge is 0.227 e. The topological polar surface area (TPSA) is 32.3 Å². The van der Waals surface area contributed by atoms with E-state index in [-0.39, 0.29) is 5.92 Å². The number of carbonyl (C=O) groups is 1. The molecule has 0 radical (unpaired) electrons. The summed E-state index contributed by atoms with van der Waals surface area (Å²) < 4.78 is 0. The van der Waals surface area contributed by atoms with Gasteiger partial charge in [0.1, 0.15) is 0 Å². The average Bonchev–Trinajstić information content (AvgIpc) is 3.23. The molecule has 4 rings (SSSR count). The van der Waals surface area contributed by atoms with E-state index < -0.39 is 0 Å². The first-order valence-electron chi connectivity index (χ1n) is 7.91. The lowest BCUT2D eigenvalue weighted by molar-refractivity contribution is -0.135. The Morgan fingerprint density at radius 2 is 2.00 bits per heavy atom. The van der Waals surface area contributed by atoms with Gasteiger partial charge in [0.25, 0.3) is 0 Å². The lowest BCUT2D eigenvalue weighted by Crippen LogP contribution is -2.39. The van der Waals surface area contributed by atoms with Crippen LogP contribution in [0.15, 0.2) is 30.3 Å². The molecule has 3 nitrogen and oxygen atoms in total. The van der Waals surface area contributed by atoms with Gasteiger partial charge in [-0.15, -0.1) is 0 Å². The first-order valence-corrected chi connectivity index (χ1v) is 7.91. The van der Waals surface area contributed by atoms with Crippen LogP contribution in [0.3, 0.4) is 0 Å². The molecule has 3 heteroatoms. The molecule has 3 saturated heterocycles. The minimum Gasteiger partial charge on any atom is -0.342 e. The number of hydrogen-bond donors (Lipinski definition) is 1. The minimum atomic E-state index is 0.253. The fourth-order valence-electron chi connectivity index (χ4n) is 4.29. The zero-order valence-corrected chi connectivity index (χ0v) is 11.8. The average molecular weight is 270 g/mol. The maximum Gasteiger partial charge on any atom is 0.227 e. The van der Waals surface area contributed by atoms with E-state index in [0.717, 1.165) is 25.9 Å². The molecule has 4 atom stereocenters. The van der Waals surface area contributed by atoms with E-state index in [1.165, 1.54) is 18.4 Å². The molecular formula is C17H22N2O. The molecule has 0 saturated carbocycles. The van der Waals surface area contributed by atoms with E-state index in [0.29, 0.717) is 23.9 Å². The van der Waals surface area contributed by atoms with Gasteiger partial charge in [-0.25, -0.2) is 0 Å². The Hall–Kier alpha value is -1.35. The van der Waals surface area contributed by atoms with Crippen molar-refractivity contribution in [3.8, 4) is 0 Å². The van der Waals surface area contributed by atoms with Crippen molar-refractivity contribution in [3.05, 3.63) is 35.9 Å². The second-order valence-corrected chi connectivity index (χ2v) is 6.57. The molecule has 106 valence electrons.